The number of hydrogen-bond acceptors (Lipinski definition) is 9. The summed E-state index contributed by atoms with van der Waals surface area (Å²) in [4.78, 5) is 48.1. The van der Waals surface area contributed by atoms with E-state index >= 15 is 0 Å². The van der Waals surface area contributed by atoms with Crippen molar-refractivity contribution >= 4 is 40.0 Å². The van der Waals surface area contributed by atoms with E-state index in [0.29, 0.717) is 11.7 Å². The van der Waals surface area contributed by atoms with Gasteiger partial charge in [-0.1, -0.05) is 96.2 Å². The Labute approximate surface area is 272 Å². The normalized spacial score (nSPS) is 15.6. The van der Waals surface area contributed by atoms with Gasteiger partial charge in [0.2, 0.25) is 5.91 Å². The molecule has 5 rings (SSSR count). The number of ether oxygens (including phenoxy) is 1. The Morgan fingerprint density at radius 3 is 1.96 bits per heavy atom. The van der Waals surface area contributed by atoms with Gasteiger partial charge in [0, 0.05) is 11.9 Å². The summed E-state index contributed by atoms with van der Waals surface area (Å²) in [6.07, 6.45) is -0.763. The predicted molar refractivity (Wildman–Crippen MR) is 177 cm³/mol. The Bertz CT molecular complexity index is 1590. The average molecular weight is 640 g/mol. The lowest BCUT2D eigenvalue weighted by molar-refractivity contribution is -0.157. The van der Waals surface area contributed by atoms with E-state index in [1.165, 1.54) is 11.3 Å². The number of esters is 1. The van der Waals surface area contributed by atoms with Crippen LogP contribution in [0.2, 0.25) is 0 Å². The number of nitrogens with one attached hydrogen (secondary N) is 3. The number of benzene rings is 3. The van der Waals surface area contributed by atoms with Crippen LogP contribution in [0.5, 0.6) is 0 Å². The molecule has 1 fully saturated rings. The van der Waals surface area contributed by atoms with Crippen molar-refractivity contribution in [2.75, 3.05) is 11.9 Å². The molecule has 4 aromatic rings. The van der Waals surface area contributed by atoms with Gasteiger partial charge >= 0.3 is 5.97 Å². The van der Waals surface area contributed by atoms with Gasteiger partial charge in [-0.25, -0.2) is 4.98 Å². The van der Waals surface area contributed by atoms with E-state index < -0.39 is 35.2 Å². The molecule has 238 valence electrons. The molecule has 0 spiro atoms. The fraction of sp³-hybridized carbons (Fsp3) is 0.286. The van der Waals surface area contributed by atoms with Crippen molar-refractivity contribution in [1.82, 2.24) is 15.6 Å². The quantitative estimate of drug-likeness (QED) is 0.0654. The van der Waals surface area contributed by atoms with E-state index in [1.807, 2.05) is 54.6 Å². The topological polar surface area (TPSA) is 131 Å². The fourth-order valence-corrected chi connectivity index (χ4v) is 5.76. The third-order valence-electron chi connectivity index (χ3n) is 7.18. The average Bonchev–Trinajstić information content (AvgIpc) is 3.50. The van der Waals surface area contributed by atoms with Crippen molar-refractivity contribution < 1.29 is 24.0 Å². The van der Waals surface area contributed by atoms with Crippen molar-refractivity contribution in [2.45, 2.75) is 57.4 Å². The first-order valence-corrected chi connectivity index (χ1v) is 15.9. The first-order chi connectivity index (χ1) is 22.0. The number of carbonyl (C=O) groups excluding carboxylic acids is 3. The van der Waals surface area contributed by atoms with Gasteiger partial charge in [0.15, 0.2) is 10.8 Å². The molecule has 0 saturated carbocycles. The Hall–Kier alpha value is -5.03. The minimum atomic E-state index is -0.832. The minimum Gasteiger partial charge on any atom is -0.460 e. The number of hydrogen-bond donors (Lipinski definition) is 3. The van der Waals surface area contributed by atoms with Crippen LogP contribution in [0, 0.1) is 0 Å². The molecular weight excluding hydrogens is 602 g/mol. The highest BCUT2D eigenvalue weighted by Gasteiger charge is 2.38. The van der Waals surface area contributed by atoms with Crippen molar-refractivity contribution in [2.24, 2.45) is 5.16 Å². The lowest BCUT2D eigenvalue weighted by Gasteiger charge is -2.36. The molecule has 1 aliphatic heterocycles. The maximum Gasteiger partial charge on any atom is 0.310 e. The molecule has 0 bridgehead atoms. The van der Waals surface area contributed by atoms with Crippen LogP contribution in [0.1, 0.15) is 56.5 Å². The van der Waals surface area contributed by atoms with E-state index in [2.05, 4.69) is 57.5 Å². The summed E-state index contributed by atoms with van der Waals surface area (Å²) in [5.41, 5.74) is 1.62. The number of oxime groups is 1. The molecule has 2 heterocycles. The highest BCUT2D eigenvalue weighted by molar-refractivity contribution is 7.14. The lowest BCUT2D eigenvalue weighted by atomic mass is 9.77. The van der Waals surface area contributed by atoms with E-state index in [9.17, 15) is 14.4 Å². The van der Waals surface area contributed by atoms with Gasteiger partial charge < -0.3 is 25.5 Å². The van der Waals surface area contributed by atoms with Crippen molar-refractivity contribution in [3.8, 4) is 0 Å². The van der Waals surface area contributed by atoms with Crippen molar-refractivity contribution in [1.29, 1.82) is 0 Å². The van der Waals surface area contributed by atoms with Crippen LogP contribution in [-0.4, -0.2) is 52.8 Å². The summed E-state index contributed by atoms with van der Waals surface area (Å²) in [6, 6.07) is 29.5. The molecule has 1 aromatic heterocycles. The summed E-state index contributed by atoms with van der Waals surface area (Å²) < 4.78 is 5.38. The molecule has 3 N–H and O–H groups in total. The Balaban J connectivity index is 1.49. The van der Waals surface area contributed by atoms with Crippen LogP contribution in [0.25, 0.3) is 0 Å². The predicted octanol–water partition coefficient (Wildman–Crippen LogP) is 5.00. The number of β-lactam (4-membered cyclic amide) rings is 1. The van der Waals surface area contributed by atoms with Crippen LogP contribution in [-0.2, 0) is 29.5 Å². The standard InChI is InChI=1S/C35H37N5O5S/c1-23(20-29(41)44-34(2,3)4)45-40-30(32(43)37-27-21-36-31(27)42)28-22-46-33(38-28)39-35(24-14-8-5-9-15-24,25-16-10-6-11-17-25)26-18-12-7-13-19-26/h5-19,22-23,27H,20-21H2,1-4H3,(H,36,42)(H,37,43)(H,38,39). The summed E-state index contributed by atoms with van der Waals surface area (Å²) in [6.45, 7) is 7.31. The number of thiazole rings is 1. The molecule has 2 amide bonds. The monoisotopic (exact) mass is 639 g/mol. The summed E-state index contributed by atoms with van der Waals surface area (Å²) in [7, 11) is 0. The Morgan fingerprint density at radius 1 is 0.957 bits per heavy atom. The molecular formula is C35H37N5O5S. The van der Waals surface area contributed by atoms with Crippen LogP contribution < -0.4 is 16.0 Å². The van der Waals surface area contributed by atoms with Crippen molar-refractivity contribution in [3.63, 3.8) is 0 Å². The number of anilines is 1. The fourth-order valence-electron chi connectivity index (χ4n) is 5.01. The molecule has 46 heavy (non-hydrogen) atoms. The van der Waals surface area contributed by atoms with Gasteiger partial charge in [0.1, 0.15) is 29.0 Å². The second kappa shape index (κ2) is 13.9. The van der Waals surface area contributed by atoms with Gasteiger partial charge in [0.05, 0.1) is 6.42 Å². The first kappa shape index (κ1) is 32.4. The zero-order valence-corrected chi connectivity index (χ0v) is 27.0. The molecule has 0 aliphatic carbocycles. The van der Waals surface area contributed by atoms with E-state index in [-0.39, 0.29) is 23.7 Å². The number of nitrogens with zero attached hydrogens (tertiary/aromatic N) is 2. The molecule has 1 saturated heterocycles. The molecule has 2 atom stereocenters. The SMILES string of the molecule is CC(CC(=O)OC(C)(C)C)ON=C(C(=O)NC1CNC1=O)c1csc(NC(c2ccccc2)(c2ccccc2)c2ccccc2)n1. The number of aromatic nitrogens is 1. The first-order valence-electron chi connectivity index (χ1n) is 15.0. The number of carbonyl (C=O) groups is 3. The van der Waals surface area contributed by atoms with Crippen molar-refractivity contribution in [3.05, 3.63) is 119 Å². The molecule has 10 nitrogen and oxygen atoms in total. The van der Waals surface area contributed by atoms with Crippen LogP contribution in [0.3, 0.4) is 0 Å². The third kappa shape index (κ3) is 7.60. The Morgan fingerprint density at radius 2 is 1.50 bits per heavy atom. The molecule has 2 unspecified atom stereocenters. The molecule has 3 aromatic carbocycles. The van der Waals surface area contributed by atoms with E-state index in [0.717, 1.165) is 16.7 Å². The van der Waals surface area contributed by atoms with Crippen LogP contribution in [0.4, 0.5) is 5.13 Å². The van der Waals surface area contributed by atoms with Gasteiger partial charge in [-0.05, 0) is 44.4 Å². The smallest absolute Gasteiger partial charge is 0.310 e. The third-order valence-corrected chi connectivity index (χ3v) is 7.93. The van der Waals surface area contributed by atoms with Crippen LogP contribution >= 0.6 is 11.3 Å². The van der Waals surface area contributed by atoms with E-state index in [1.54, 1.807) is 33.1 Å². The van der Waals surface area contributed by atoms with Gasteiger partial charge in [-0.3, -0.25) is 14.4 Å². The number of amides is 2. The van der Waals surface area contributed by atoms with E-state index in [4.69, 9.17) is 14.6 Å². The lowest BCUT2D eigenvalue weighted by Crippen LogP contribution is -2.62. The molecule has 1 aliphatic rings. The van der Waals surface area contributed by atoms with Crippen LogP contribution in [0.15, 0.2) is 102 Å². The van der Waals surface area contributed by atoms with Gasteiger partial charge in [-0.15, -0.1) is 11.3 Å². The minimum absolute atomic E-state index is 0.0711. The van der Waals surface area contributed by atoms with Gasteiger partial charge in [0.25, 0.3) is 5.91 Å². The zero-order valence-electron chi connectivity index (χ0n) is 26.2. The maximum atomic E-state index is 13.4. The highest BCUT2D eigenvalue weighted by atomic mass is 32.1. The second-order valence-corrected chi connectivity index (χ2v) is 12.8. The maximum absolute atomic E-state index is 13.4. The molecule has 0 radical (unpaired) electrons. The van der Waals surface area contributed by atoms with Gasteiger partial charge in [-0.2, -0.15) is 0 Å². The number of rotatable bonds is 12. The Kier molecular flexibility index (Phi) is 9.81. The summed E-state index contributed by atoms with van der Waals surface area (Å²) in [5, 5.41) is 15.4. The largest absolute Gasteiger partial charge is 0.460 e. The molecule has 11 heteroatoms. The highest BCUT2D eigenvalue weighted by Crippen LogP contribution is 2.40. The zero-order chi connectivity index (χ0) is 32.7. The summed E-state index contributed by atoms with van der Waals surface area (Å²) >= 11 is 1.30. The second-order valence-electron chi connectivity index (χ2n) is 11.9. The summed E-state index contributed by atoms with van der Waals surface area (Å²) in [5.74, 6) is -1.36.